The van der Waals surface area contributed by atoms with Crippen LogP contribution in [0.1, 0.15) is 450 Å². The molecule has 520 valence electrons. The molecule has 0 saturated carbocycles. The number of rotatable bonds is 76. The lowest BCUT2D eigenvalue weighted by molar-refractivity contribution is -0.143. The average molecular weight is 1240 g/mol. The zero-order valence-corrected chi connectivity index (χ0v) is 59.7. The lowest BCUT2D eigenvalue weighted by Crippen LogP contribution is -2.45. The Morgan fingerprint density at radius 2 is 0.568 bits per heavy atom. The van der Waals surface area contributed by atoms with Crippen LogP contribution in [-0.2, 0) is 14.3 Å². The molecule has 0 aromatic rings. The molecule has 2 atom stereocenters. The van der Waals surface area contributed by atoms with Crippen molar-refractivity contribution in [2.75, 3.05) is 13.2 Å². The number of ether oxygens (including phenoxy) is 1. The Hall–Kier alpha value is -1.92. The molecule has 0 radical (unpaired) electrons. The van der Waals surface area contributed by atoms with Gasteiger partial charge in [0.25, 0.3) is 0 Å². The maximum atomic E-state index is 12.5. The van der Waals surface area contributed by atoms with Crippen molar-refractivity contribution in [1.29, 1.82) is 0 Å². The summed E-state index contributed by atoms with van der Waals surface area (Å²) >= 11 is 0. The van der Waals surface area contributed by atoms with E-state index in [2.05, 4.69) is 43.5 Å². The third-order valence-corrected chi connectivity index (χ3v) is 18.9. The molecule has 0 aliphatic heterocycles. The quantitative estimate of drug-likeness (QED) is 0.0320. The molecule has 0 spiro atoms. The number of nitrogens with one attached hydrogen (secondary N) is 1. The van der Waals surface area contributed by atoms with Gasteiger partial charge >= 0.3 is 5.97 Å². The van der Waals surface area contributed by atoms with Crippen LogP contribution in [0.5, 0.6) is 0 Å². The summed E-state index contributed by atoms with van der Waals surface area (Å²) in [7, 11) is 0. The number of allylic oxidation sites excluding steroid dienone is 5. The number of unbranched alkanes of at least 4 members (excludes halogenated alkanes) is 61. The molecule has 0 fully saturated rings. The van der Waals surface area contributed by atoms with Gasteiger partial charge in [-0.2, -0.15) is 0 Å². The van der Waals surface area contributed by atoms with E-state index < -0.39 is 12.1 Å². The molecular formula is C82H157NO5. The number of hydrogen-bond acceptors (Lipinski definition) is 5. The van der Waals surface area contributed by atoms with Crippen LogP contribution in [0.25, 0.3) is 0 Å². The van der Waals surface area contributed by atoms with Gasteiger partial charge in [0, 0.05) is 12.8 Å². The normalized spacial score (nSPS) is 12.6. The Kier molecular flexibility index (Phi) is 75.8. The standard InChI is InChI=1S/C82H157NO5/c1-3-5-7-9-11-13-15-17-19-21-23-35-39-42-46-50-54-58-62-66-70-74-80(85)79(78-84)83-81(86)75-71-67-63-59-55-51-47-43-40-36-33-31-29-27-25-24-26-28-30-32-34-37-41-45-49-53-57-61-65-69-73-77-88-82(87)76-72-68-64-60-56-52-48-44-38-22-20-18-16-14-12-10-8-6-4-2/h26,28,32,34,70,74,79-80,84-85H,3-25,27,29-31,33,35-69,71-73,75-78H2,1-2H3,(H,83,86)/b28-26-,34-32-,74-70+. The van der Waals surface area contributed by atoms with Crippen LogP contribution >= 0.6 is 0 Å². The van der Waals surface area contributed by atoms with Crippen molar-refractivity contribution in [3.63, 3.8) is 0 Å². The second-order valence-corrected chi connectivity index (χ2v) is 27.8. The zero-order valence-electron chi connectivity index (χ0n) is 59.7. The first-order valence-corrected chi connectivity index (χ1v) is 40.3. The number of esters is 1. The first kappa shape index (κ1) is 86.1. The van der Waals surface area contributed by atoms with Gasteiger partial charge in [-0.25, -0.2) is 0 Å². The fraction of sp³-hybridized carbons (Fsp3) is 0.902. The van der Waals surface area contributed by atoms with E-state index >= 15 is 0 Å². The molecule has 6 nitrogen and oxygen atoms in total. The highest BCUT2D eigenvalue weighted by atomic mass is 16.5. The van der Waals surface area contributed by atoms with E-state index in [0.717, 1.165) is 44.9 Å². The number of aliphatic hydroxyl groups is 2. The minimum absolute atomic E-state index is 0.0186. The van der Waals surface area contributed by atoms with E-state index in [0.29, 0.717) is 19.4 Å². The molecule has 0 saturated heterocycles. The van der Waals surface area contributed by atoms with Gasteiger partial charge in [-0.3, -0.25) is 9.59 Å². The van der Waals surface area contributed by atoms with Gasteiger partial charge in [-0.1, -0.05) is 410 Å². The van der Waals surface area contributed by atoms with Gasteiger partial charge in [0.1, 0.15) is 0 Å². The molecule has 0 aliphatic carbocycles. The van der Waals surface area contributed by atoms with E-state index in [1.165, 1.54) is 379 Å². The lowest BCUT2D eigenvalue weighted by atomic mass is 10.0. The number of carbonyl (C=O) groups is 2. The van der Waals surface area contributed by atoms with Crippen LogP contribution in [0.15, 0.2) is 36.5 Å². The SMILES string of the molecule is CCCCCCCCCCCCCCCCCCCCC/C=C/C(O)C(CO)NC(=O)CCCCCCCCCCCCCCCCC/C=C\C/C=C\CCCCCCCCCCCOC(=O)CCCCCCCCCCCCCCCCCCCCC. The molecule has 2 unspecified atom stereocenters. The Morgan fingerprint density at radius 3 is 0.864 bits per heavy atom. The molecule has 3 N–H and O–H groups in total. The largest absolute Gasteiger partial charge is 0.466 e. The topological polar surface area (TPSA) is 95.9 Å². The Labute approximate surface area is 551 Å². The van der Waals surface area contributed by atoms with Crippen LogP contribution in [0, 0.1) is 0 Å². The van der Waals surface area contributed by atoms with E-state index in [9.17, 15) is 19.8 Å². The molecule has 0 aromatic carbocycles. The summed E-state index contributed by atoms with van der Waals surface area (Å²) in [5.41, 5.74) is 0. The maximum absolute atomic E-state index is 12.5. The van der Waals surface area contributed by atoms with Crippen molar-refractivity contribution in [3.8, 4) is 0 Å². The zero-order chi connectivity index (χ0) is 63.5. The second-order valence-electron chi connectivity index (χ2n) is 27.8. The van der Waals surface area contributed by atoms with E-state index in [4.69, 9.17) is 4.74 Å². The summed E-state index contributed by atoms with van der Waals surface area (Å²) in [4.78, 5) is 24.7. The lowest BCUT2D eigenvalue weighted by Gasteiger charge is -2.20. The van der Waals surface area contributed by atoms with Crippen molar-refractivity contribution in [2.24, 2.45) is 0 Å². The Bertz CT molecular complexity index is 1430. The van der Waals surface area contributed by atoms with Crippen molar-refractivity contribution in [3.05, 3.63) is 36.5 Å². The highest BCUT2D eigenvalue weighted by Gasteiger charge is 2.18. The number of hydrogen-bond donors (Lipinski definition) is 3. The fourth-order valence-corrected chi connectivity index (χ4v) is 12.8. The van der Waals surface area contributed by atoms with Crippen molar-refractivity contribution < 1.29 is 24.5 Å². The summed E-state index contributed by atoms with van der Waals surface area (Å²) in [6, 6.07) is -0.629. The van der Waals surface area contributed by atoms with Gasteiger partial charge in [0.05, 0.1) is 25.4 Å². The first-order chi connectivity index (χ1) is 43.5. The number of aliphatic hydroxyl groups excluding tert-OH is 2. The van der Waals surface area contributed by atoms with Gasteiger partial charge in [-0.05, 0) is 64.2 Å². The molecule has 0 rings (SSSR count). The summed E-state index contributed by atoms with van der Waals surface area (Å²) in [6.07, 6.45) is 101. The molecule has 6 heteroatoms. The van der Waals surface area contributed by atoms with Gasteiger partial charge < -0.3 is 20.3 Å². The maximum Gasteiger partial charge on any atom is 0.305 e. The van der Waals surface area contributed by atoms with Gasteiger partial charge in [-0.15, -0.1) is 0 Å². The molecule has 0 heterocycles. The van der Waals surface area contributed by atoms with Crippen LogP contribution in [0.2, 0.25) is 0 Å². The third kappa shape index (κ3) is 73.1. The van der Waals surface area contributed by atoms with Crippen LogP contribution in [-0.4, -0.2) is 47.4 Å². The first-order valence-electron chi connectivity index (χ1n) is 40.3. The summed E-state index contributed by atoms with van der Waals surface area (Å²) in [5.74, 6) is -0.0444. The van der Waals surface area contributed by atoms with Crippen LogP contribution < -0.4 is 5.32 Å². The summed E-state index contributed by atoms with van der Waals surface area (Å²) < 4.78 is 5.52. The van der Waals surface area contributed by atoms with E-state index in [1.807, 2.05) is 6.08 Å². The number of amides is 1. The molecule has 1 amide bonds. The number of carbonyl (C=O) groups excluding carboxylic acids is 2. The monoisotopic (exact) mass is 1240 g/mol. The predicted octanol–water partition coefficient (Wildman–Crippen LogP) is 26.6. The van der Waals surface area contributed by atoms with Crippen molar-refractivity contribution >= 4 is 11.9 Å². The van der Waals surface area contributed by atoms with Gasteiger partial charge in [0.2, 0.25) is 5.91 Å². The minimum atomic E-state index is -0.846. The Morgan fingerprint density at radius 1 is 0.318 bits per heavy atom. The minimum Gasteiger partial charge on any atom is -0.466 e. The van der Waals surface area contributed by atoms with Crippen molar-refractivity contribution in [2.45, 2.75) is 463 Å². The van der Waals surface area contributed by atoms with Crippen LogP contribution in [0.4, 0.5) is 0 Å². The predicted molar refractivity (Wildman–Crippen MR) is 389 cm³/mol. The summed E-state index contributed by atoms with van der Waals surface area (Å²) in [6.45, 7) is 4.96. The highest BCUT2D eigenvalue weighted by molar-refractivity contribution is 5.76. The highest BCUT2D eigenvalue weighted by Crippen LogP contribution is 2.20. The molecule has 0 bridgehead atoms. The van der Waals surface area contributed by atoms with Crippen molar-refractivity contribution in [1.82, 2.24) is 5.32 Å². The molecule has 0 aromatic heterocycles. The van der Waals surface area contributed by atoms with E-state index in [1.54, 1.807) is 6.08 Å². The van der Waals surface area contributed by atoms with E-state index in [-0.39, 0.29) is 18.5 Å². The molecule has 88 heavy (non-hydrogen) atoms. The molecule has 0 aliphatic rings. The average Bonchev–Trinajstić information content (AvgIpc) is 3.58. The van der Waals surface area contributed by atoms with Gasteiger partial charge in [0.15, 0.2) is 0 Å². The Balaban J connectivity index is 3.39. The third-order valence-electron chi connectivity index (χ3n) is 18.9. The summed E-state index contributed by atoms with van der Waals surface area (Å²) in [5, 5.41) is 23.3. The second kappa shape index (κ2) is 77.5. The van der Waals surface area contributed by atoms with Crippen LogP contribution in [0.3, 0.4) is 0 Å². The fourth-order valence-electron chi connectivity index (χ4n) is 12.8. The molecular weight excluding hydrogens is 1080 g/mol. The smallest absolute Gasteiger partial charge is 0.305 e.